The average Bonchev–Trinajstić information content (AvgIpc) is 2.39. The molecule has 5 heteroatoms. The first-order valence-corrected chi connectivity index (χ1v) is 10.4. The second-order valence-electron chi connectivity index (χ2n) is 6.45. The fraction of sp³-hybridized carbons (Fsp3) is 0.857. The summed E-state index contributed by atoms with van der Waals surface area (Å²) in [6, 6.07) is 1.08. The number of carbonyl (C=O) groups is 2. The van der Waals surface area contributed by atoms with Crippen LogP contribution in [0.2, 0.25) is 19.1 Å². The molecule has 1 spiro atoms. The Hall–Kier alpha value is -0.683. The molecule has 0 amide bonds. The highest BCUT2D eigenvalue weighted by atomic mass is 28.4. The van der Waals surface area contributed by atoms with Gasteiger partial charge in [0.15, 0.2) is 13.7 Å². The zero-order chi connectivity index (χ0) is 14.1. The van der Waals surface area contributed by atoms with E-state index < -0.39 is 13.7 Å². The SMILES string of the molecule is CO[Si](C)(C)CCCC1CCCCC12C(=O)OC2=O. The number of rotatable bonds is 5. The van der Waals surface area contributed by atoms with Crippen LogP contribution < -0.4 is 0 Å². The summed E-state index contributed by atoms with van der Waals surface area (Å²) in [5.74, 6) is -0.354. The van der Waals surface area contributed by atoms with E-state index in [9.17, 15) is 9.59 Å². The number of hydrogen-bond donors (Lipinski definition) is 0. The molecule has 0 aromatic carbocycles. The van der Waals surface area contributed by atoms with E-state index >= 15 is 0 Å². The van der Waals surface area contributed by atoms with Gasteiger partial charge in [-0.05, 0) is 44.3 Å². The predicted molar refractivity (Wildman–Crippen MR) is 74.0 cm³/mol. The molecule has 1 saturated heterocycles. The molecule has 1 saturated carbocycles. The van der Waals surface area contributed by atoms with Crippen molar-refractivity contribution in [1.82, 2.24) is 0 Å². The molecule has 2 rings (SSSR count). The number of cyclic esters (lactones) is 2. The van der Waals surface area contributed by atoms with Crippen molar-refractivity contribution in [1.29, 1.82) is 0 Å². The van der Waals surface area contributed by atoms with E-state index in [1.54, 1.807) is 7.11 Å². The normalized spacial score (nSPS) is 26.2. The topological polar surface area (TPSA) is 52.6 Å². The van der Waals surface area contributed by atoms with E-state index in [1.165, 1.54) is 0 Å². The quantitative estimate of drug-likeness (QED) is 0.442. The van der Waals surface area contributed by atoms with Gasteiger partial charge in [0.05, 0.1) is 0 Å². The zero-order valence-corrected chi connectivity index (χ0v) is 13.2. The van der Waals surface area contributed by atoms with Crippen LogP contribution in [0.4, 0.5) is 0 Å². The largest absolute Gasteiger partial charge is 0.420 e. The summed E-state index contributed by atoms with van der Waals surface area (Å²) in [5, 5.41) is 0. The lowest BCUT2D eigenvalue weighted by Crippen LogP contribution is -2.58. The third kappa shape index (κ3) is 2.63. The fourth-order valence-corrected chi connectivity index (χ4v) is 4.61. The lowest BCUT2D eigenvalue weighted by atomic mass is 9.62. The Balaban J connectivity index is 1.94. The number of esters is 2. The molecular formula is C14H24O4Si. The monoisotopic (exact) mass is 284 g/mol. The van der Waals surface area contributed by atoms with Crippen molar-refractivity contribution >= 4 is 20.3 Å². The molecule has 0 bridgehead atoms. The lowest BCUT2D eigenvalue weighted by molar-refractivity contribution is -0.206. The summed E-state index contributed by atoms with van der Waals surface area (Å²) >= 11 is 0. The van der Waals surface area contributed by atoms with Crippen LogP contribution in [0, 0.1) is 11.3 Å². The van der Waals surface area contributed by atoms with Crippen LogP contribution >= 0.6 is 0 Å². The number of ether oxygens (including phenoxy) is 1. The zero-order valence-electron chi connectivity index (χ0n) is 12.2. The number of carbonyl (C=O) groups excluding carboxylic acids is 2. The van der Waals surface area contributed by atoms with Gasteiger partial charge < -0.3 is 9.16 Å². The predicted octanol–water partition coefficient (Wildman–Crippen LogP) is 2.88. The van der Waals surface area contributed by atoms with Gasteiger partial charge in [-0.25, -0.2) is 0 Å². The van der Waals surface area contributed by atoms with Gasteiger partial charge in [-0.1, -0.05) is 19.3 Å². The van der Waals surface area contributed by atoms with Gasteiger partial charge in [0.1, 0.15) is 0 Å². The molecule has 1 atom stereocenters. The summed E-state index contributed by atoms with van der Waals surface area (Å²) in [6.07, 6.45) is 5.75. The van der Waals surface area contributed by atoms with Crippen LogP contribution in [0.15, 0.2) is 0 Å². The Morgan fingerprint density at radius 2 is 2.00 bits per heavy atom. The van der Waals surface area contributed by atoms with Gasteiger partial charge in [0.2, 0.25) is 0 Å². The first-order valence-electron chi connectivity index (χ1n) is 7.24. The highest BCUT2D eigenvalue weighted by Gasteiger charge is 2.63. The van der Waals surface area contributed by atoms with E-state index in [4.69, 9.17) is 4.43 Å². The van der Waals surface area contributed by atoms with E-state index in [0.29, 0.717) is 6.42 Å². The Morgan fingerprint density at radius 1 is 1.32 bits per heavy atom. The van der Waals surface area contributed by atoms with Crippen LogP contribution in [-0.4, -0.2) is 27.4 Å². The van der Waals surface area contributed by atoms with E-state index in [-0.39, 0.29) is 17.9 Å². The summed E-state index contributed by atoms with van der Waals surface area (Å²) in [4.78, 5) is 23.6. The highest BCUT2D eigenvalue weighted by Crippen LogP contribution is 2.50. The molecular weight excluding hydrogens is 260 g/mol. The minimum atomic E-state index is -1.54. The minimum absolute atomic E-state index is 0.191. The van der Waals surface area contributed by atoms with Crippen molar-refractivity contribution in [3.05, 3.63) is 0 Å². The summed E-state index contributed by atoms with van der Waals surface area (Å²) in [7, 11) is 0.243. The third-order valence-electron chi connectivity index (χ3n) is 4.87. The van der Waals surface area contributed by atoms with Gasteiger partial charge >= 0.3 is 11.9 Å². The second-order valence-corrected chi connectivity index (χ2v) is 10.9. The maximum absolute atomic E-state index is 11.8. The summed E-state index contributed by atoms with van der Waals surface area (Å²) in [5.41, 5.74) is -0.767. The van der Waals surface area contributed by atoms with Crippen molar-refractivity contribution in [2.75, 3.05) is 7.11 Å². The molecule has 19 heavy (non-hydrogen) atoms. The van der Waals surface area contributed by atoms with Crippen molar-refractivity contribution in [3.8, 4) is 0 Å². The van der Waals surface area contributed by atoms with Gasteiger partial charge in [-0.2, -0.15) is 0 Å². The van der Waals surface area contributed by atoms with E-state index in [1.807, 2.05) is 0 Å². The summed E-state index contributed by atoms with van der Waals surface area (Å²) < 4.78 is 10.2. The van der Waals surface area contributed by atoms with Gasteiger partial charge in [-0.15, -0.1) is 0 Å². The molecule has 1 aliphatic heterocycles. The number of hydrogen-bond acceptors (Lipinski definition) is 4. The Bertz CT molecular complexity index is 364. The van der Waals surface area contributed by atoms with Crippen LogP contribution in [0.1, 0.15) is 38.5 Å². The second kappa shape index (κ2) is 5.36. The molecule has 2 aliphatic rings. The minimum Gasteiger partial charge on any atom is -0.420 e. The smallest absolute Gasteiger partial charge is 0.331 e. The van der Waals surface area contributed by atoms with Crippen LogP contribution in [-0.2, 0) is 18.8 Å². The standard InChI is InChI=1S/C14H24O4Si/c1-17-19(2,3)10-6-8-11-7-4-5-9-14(11)12(15)18-13(14)16/h11H,4-10H2,1-3H3. The van der Waals surface area contributed by atoms with Crippen molar-refractivity contribution < 1.29 is 18.8 Å². The molecule has 0 aromatic heterocycles. The van der Waals surface area contributed by atoms with Gasteiger partial charge in [0, 0.05) is 7.11 Å². The van der Waals surface area contributed by atoms with Gasteiger partial charge in [0.25, 0.3) is 0 Å². The lowest BCUT2D eigenvalue weighted by Gasteiger charge is -2.45. The third-order valence-corrected chi connectivity index (χ3v) is 7.53. The van der Waals surface area contributed by atoms with Crippen molar-refractivity contribution in [2.24, 2.45) is 11.3 Å². The maximum Gasteiger partial charge on any atom is 0.331 e. The maximum atomic E-state index is 11.8. The van der Waals surface area contributed by atoms with Crippen LogP contribution in [0.25, 0.3) is 0 Å². The van der Waals surface area contributed by atoms with E-state index in [0.717, 1.165) is 38.1 Å². The van der Waals surface area contributed by atoms with Crippen LogP contribution in [0.5, 0.6) is 0 Å². The van der Waals surface area contributed by atoms with Crippen molar-refractivity contribution in [2.45, 2.75) is 57.7 Å². The van der Waals surface area contributed by atoms with Crippen molar-refractivity contribution in [3.63, 3.8) is 0 Å². The first-order chi connectivity index (χ1) is 8.92. The molecule has 0 N–H and O–H groups in total. The molecule has 0 radical (unpaired) electrons. The fourth-order valence-electron chi connectivity index (χ4n) is 3.35. The highest BCUT2D eigenvalue weighted by molar-refractivity contribution is 6.71. The molecule has 0 aromatic rings. The van der Waals surface area contributed by atoms with Gasteiger partial charge in [-0.3, -0.25) is 9.59 Å². The Labute approximate surface area is 116 Å². The Morgan fingerprint density at radius 3 is 2.58 bits per heavy atom. The molecule has 4 nitrogen and oxygen atoms in total. The molecule has 2 fully saturated rings. The average molecular weight is 284 g/mol. The molecule has 1 unspecified atom stereocenters. The Kier molecular flexibility index (Phi) is 4.16. The van der Waals surface area contributed by atoms with Crippen LogP contribution in [0.3, 0.4) is 0 Å². The van der Waals surface area contributed by atoms with E-state index in [2.05, 4.69) is 17.8 Å². The summed E-state index contributed by atoms with van der Waals surface area (Å²) in [6.45, 7) is 4.40. The molecule has 1 heterocycles. The molecule has 108 valence electrons. The first kappa shape index (κ1) is 14.7. The molecule has 1 aliphatic carbocycles.